The first-order chi connectivity index (χ1) is 3.72. The first-order valence-electron chi connectivity index (χ1n) is 2.67. The zero-order chi connectivity index (χ0) is 6.15. The molecule has 0 aromatic carbocycles. The molecule has 0 aliphatic carbocycles. The van der Waals surface area contributed by atoms with E-state index in [0.29, 0.717) is 5.92 Å². The second-order valence-corrected chi connectivity index (χ2v) is 2.72. The number of carbonyl (C=O) groups is 1. The van der Waals surface area contributed by atoms with Crippen LogP contribution in [-0.2, 0) is 4.79 Å². The third-order valence-electron chi connectivity index (χ3n) is 1.41. The fourth-order valence-electron chi connectivity index (χ4n) is 0.736. The van der Waals surface area contributed by atoms with E-state index in [1.165, 1.54) is 0 Å². The molecule has 1 rings (SSSR count). The van der Waals surface area contributed by atoms with Gasteiger partial charge in [-0.05, 0) is 5.92 Å². The average molecular weight is 131 g/mol. The number of nitrogens with one attached hydrogen (secondary N) is 1. The van der Waals surface area contributed by atoms with E-state index in [1.54, 1.807) is 0 Å². The topological polar surface area (TPSA) is 29.1 Å². The predicted octanol–water partition coefficient (Wildman–Crippen LogP) is 0.0507. The van der Waals surface area contributed by atoms with E-state index >= 15 is 0 Å². The van der Waals surface area contributed by atoms with Crippen molar-refractivity contribution in [1.29, 1.82) is 0 Å². The van der Waals surface area contributed by atoms with Crippen molar-refractivity contribution in [3.8, 4) is 0 Å². The molecule has 8 heavy (non-hydrogen) atoms. The van der Waals surface area contributed by atoms with Crippen LogP contribution in [0.5, 0.6) is 0 Å². The third kappa shape index (κ3) is 0.823. The van der Waals surface area contributed by atoms with Gasteiger partial charge in [-0.25, -0.2) is 0 Å². The lowest BCUT2D eigenvalue weighted by Crippen LogP contribution is -2.19. The summed E-state index contributed by atoms with van der Waals surface area (Å²) in [5.74, 6) is 0.465. The van der Waals surface area contributed by atoms with Gasteiger partial charge in [-0.15, -0.1) is 0 Å². The van der Waals surface area contributed by atoms with Crippen LogP contribution in [0.1, 0.15) is 6.92 Å². The molecule has 1 aliphatic rings. The SMILES string of the molecule is CC1CNC(=O)C1S. The van der Waals surface area contributed by atoms with Gasteiger partial charge in [-0.2, -0.15) is 12.6 Å². The Hall–Kier alpha value is -0.180. The van der Waals surface area contributed by atoms with Gasteiger partial charge >= 0.3 is 0 Å². The molecule has 0 radical (unpaired) electrons. The fraction of sp³-hybridized carbons (Fsp3) is 0.800. The Morgan fingerprint density at radius 3 is 2.62 bits per heavy atom. The summed E-state index contributed by atoms with van der Waals surface area (Å²) in [5.41, 5.74) is 0. The molecule has 1 fully saturated rings. The summed E-state index contributed by atoms with van der Waals surface area (Å²) in [7, 11) is 0. The van der Waals surface area contributed by atoms with E-state index in [0.717, 1.165) is 6.54 Å². The fourth-order valence-corrected chi connectivity index (χ4v) is 0.933. The van der Waals surface area contributed by atoms with Gasteiger partial charge in [0.25, 0.3) is 0 Å². The van der Waals surface area contributed by atoms with Crippen molar-refractivity contribution in [2.45, 2.75) is 12.2 Å². The van der Waals surface area contributed by atoms with E-state index < -0.39 is 0 Å². The summed E-state index contributed by atoms with van der Waals surface area (Å²) in [5, 5.41) is 2.63. The highest BCUT2D eigenvalue weighted by molar-refractivity contribution is 7.81. The maximum Gasteiger partial charge on any atom is 0.233 e. The Kier molecular flexibility index (Phi) is 1.47. The summed E-state index contributed by atoms with van der Waals surface area (Å²) in [6.45, 7) is 2.79. The maximum absolute atomic E-state index is 10.6. The zero-order valence-electron chi connectivity index (χ0n) is 4.72. The lowest BCUT2D eigenvalue weighted by molar-refractivity contribution is -0.118. The van der Waals surface area contributed by atoms with Crippen LogP contribution < -0.4 is 5.32 Å². The van der Waals surface area contributed by atoms with Gasteiger partial charge in [0, 0.05) is 6.54 Å². The molecule has 1 aliphatic heterocycles. The molecule has 1 N–H and O–H groups in total. The Balaban J connectivity index is 2.56. The standard InChI is InChI=1S/C5H9NOS/c1-3-2-6-5(7)4(3)8/h3-4,8H,2H2,1H3,(H,6,7). The van der Waals surface area contributed by atoms with Crippen LogP contribution in [0.3, 0.4) is 0 Å². The third-order valence-corrected chi connectivity index (χ3v) is 2.15. The van der Waals surface area contributed by atoms with Gasteiger partial charge in [0.05, 0.1) is 5.25 Å². The zero-order valence-corrected chi connectivity index (χ0v) is 5.61. The monoisotopic (exact) mass is 131 g/mol. The van der Waals surface area contributed by atoms with E-state index in [9.17, 15) is 4.79 Å². The minimum absolute atomic E-state index is 0.0702. The largest absolute Gasteiger partial charge is 0.355 e. The van der Waals surface area contributed by atoms with Crippen LogP contribution in [0.2, 0.25) is 0 Å². The smallest absolute Gasteiger partial charge is 0.233 e. The molecule has 0 aromatic heterocycles. The molecule has 2 unspecified atom stereocenters. The molecule has 1 saturated heterocycles. The van der Waals surface area contributed by atoms with Gasteiger partial charge in [0.2, 0.25) is 5.91 Å². The number of hydrogen-bond acceptors (Lipinski definition) is 2. The van der Waals surface area contributed by atoms with E-state index in [4.69, 9.17) is 0 Å². The summed E-state index contributed by atoms with van der Waals surface area (Å²) in [6, 6.07) is 0. The van der Waals surface area contributed by atoms with Crippen molar-refractivity contribution >= 4 is 18.5 Å². The van der Waals surface area contributed by atoms with Crippen LogP contribution in [0, 0.1) is 5.92 Å². The van der Waals surface area contributed by atoms with Gasteiger partial charge in [-0.3, -0.25) is 4.79 Å². The molecule has 0 bridgehead atoms. The summed E-state index contributed by atoms with van der Waals surface area (Å²) in [6.07, 6.45) is 0. The van der Waals surface area contributed by atoms with Crippen molar-refractivity contribution in [3.63, 3.8) is 0 Å². The molecular weight excluding hydrogens is 122 g/mol. The van der Waals surface area contributed by atoms with E-state index in [1.807, 2.05) is 6.92 Å². The van der Waals surface area contributed by atoms with E-state index in [-0.39, 0.29) is 11.2 Å². The molecule has 1 amide bonds. The van der Waals surface area contributed by atoms with Crippen molar-refractivity contribution in [2.75, 3.05) is 6.54 Å². The van der Waals surface area contributed by atoms with Gasteiger partial charge in [0.15, 0.2) is 0 Å². The van der Waals surface area contributed by atoms with Crippen LogP contribution in [0.15, 0.2) is 0 Å². The molecule has 0 aromatic rings. The highest BCUT2D eigenvalue weighted by Gasteiger charge is 2.27. The lowest BCUT2D eigenvalue weighted by Gasteiger charge is -2.00. The van der Waals surface area contributed by atoms with Crippen LogP contribution in [-0.4, -0.2) is 17.7 Å². The van der Waals surface area contributed by atoms with Crippen molar-refractivity contribution < 1.29 is 4.79 Å². The molecule has 2 nitrogen and oxygen atoms in total. The van der Waals surface area contributed by atoms with Crippen LogP contribution >= 0.6 is 12.6 Å². The number of carbonyl (C=O) groups excluding carboxylic acids is 1. The highest BCUT2D eigenvalue weighted by Crippen LogP contribution is 2.13. The number of thiol groups is 1. The van der Waals surface area contributed by atoms with Crippen molar-refractivity contribution in [2.24, 2.45) is 5.92 Å². The Morgan fingerprint density at radius 2 is 2.50 bits per heavy atom. The number of hydrogen-bond donors (Lipinski definition) is 2. The lowest BCUT2D eigenvalue weighted by atomic mass is 10.1. The van der Waals surface area contributed by atoms with Crippen molar-refractivity contribution in [3.05, 3.63) is 0 Å². The second-order valence-electron chi connectivity index (χ2n) is 2.17. The molecular formula is C5H9NOS. The molecule has 0 spiro atoms. The summed E-state index contributed by atoms with van der Waals surface area (Å²) < 4.78 is 0. The second kappa shape index (κ2) is 1.97. The quantitative estimate of drug-likeness (QED) is 0.447. The first kappa shape index (κ1) is 5.95. The van der Waals surface area contributed by atoms with E-state index in [2.05, 4.69) is 17.9 Å². The minimum atomic E-state index is -0.0741. The van der Waals surface area contributed by atoms with Gasteiger partial charge < -0.3 is 5.32 Å². The molecule has 0 saturated carbocycles. The molecule has 46 valence electrons. The highest BCUT2D eigenvalue weighted by atomic mass is 32.1. The van der Waals surface area contributed by atoms with Gasteiger partial charge in [-0.1, -0.05) is 6.92 Å². The summed E-state index contributed by atoms with van der Waals surface area (Å²) >= 11 is 4.07. The van der Waals surface area contributed by atoms with Gasteiger partial charge in [0.1, 0.15) is 0 Å². The number of amides is 1. The molecule has 3 heteroatoms. The molecule has 2 atom stereocenters. The Labute approximate surface area is 54.1 Å². The number of rotatable bonds is 0. The Bertz CT molecular complexity index is 115. The first-order valence-corrected chi connectivity index (χ1v) is 3.19. The summed E-state index contributed by atoms with van der Waals surface area (Å²) in [4.78, 5) is 10.6. The van der Waals surface area contributed by atoms with Crippen molar-refractivity contribution in [1.82, 2.24) is 5.32 Å². The van der Waals surface area contributed by atoms with Crippen LogP contribution in [0.25, 0.3) is 0 Å². The maximum atomic E-state index is 10.6. The predicted molar refractivity (Wildman–Crippen MR) is 34.9 cm³/mol. The normalized spacial score (nSPS) is 37.5. The van der Waals surface area contributed by atoms with Crippen LogP contribution in [0.4, 0.5) is 0 Å². The average Bonchev–Trinajstić information content (AvgIpc) is 1.98. The molecule has 1 heterocycles. The minimum Gasteiger partial charge on any atom is -0.355 e. The Morgan fingerprint density at radius 1 is 1.88 bits per heavy atom.